The van der Waals surface area contributed by atoms with Crippen molar-refractivity contribution in [2.24, 2.45) is 5.18 Å². The molecule has 0 aliphatic rings. The summed E-state index contributed by atoms with van der Waals surface area (Å²) in [4.78, 5) is 17.2. The second-order valence-corrected chi connectivity index (χ2v) is 6.08. The lowest BCUT2D eigenvalue weighted by Gasteiger charge is -1.99. The van der Waals surface area contributed by atoms with Crippen molar-refractivity contribution in [2.75, 3.05) is 0 Å². The summed E-state index contributed by atoms with van der Waals surface area (Å²) in [5, 5.41) is 14.4. The molecule has 0 atom stereocenters. The van der Waals surface area contributed by atoms with E-state index in [0.717, 1.165) is 9.86 Å². The molecule has 0 aliphatic heterocycles. The molecule has 0 saturated carbocycles. The Labute approximate surface area is 137 Å². The van der Waals surface area contributed by atoms with Crippen molar-refractivity contribution in [3.05, 3.63) is 51.6 Å². The van der Waals surface area contributed by atoms with Crippen LogP contribution in [0, 0.1) is 10.7 Å². The van der Waals surface area contributed by atoms with Gasteiger partial charge in [0.1, 0.15) is 11.5 Å². The molecule has 0 amide bonds. The fourth-order valence-corrected chi connectivity index (χ4v) is 3.20. The maximum Gasteiger partial charge on any atom is 0.199 e. The monoisotopic (exact) mass is 373 g/mol. The Hall–Kier alpha value is -2.67. The van der Waals surface area contributed by atoms with Crippen LogP contribution in [0.3, 0.4) is 0 Å². The van der Waals surface area contributed by atoms with Crippen LogP contribution in [0.2, 0.25) is 0 Å². The van der Waals surface area contributed by atoms with E-state index in [4.69, 9.17) is 0 Å². The average molecular weight is 374 g/mol. The fraction of sp³-hybridized carbons (Fsp3) is 0. The lowest BCUT2D eigenvalue weighted by atomic mass is 10.1. The molecule has 2 aromatic carbocycles. The van der Waals surface area contributed by atoms with E-state index in [1.165, 1.54) is 18.2 Å². The Balaban J connectivity index is 2.10. The van der Waals surface area contributed by atoms with Gasteiger partial charge in [0.2, 0.25) is 0 Å². The number of aromatic amines is 2. The summed E-state index contributed by atoms with van der Waals surface area (Å²) in [7, 11) is 0. The van der Waals surface area contributed by atoms with Crippen molar-refractivity contribution in [1.29, 1.82) is 0 Å². The van der Waals surface area contributed by atoms with Crippen molar-refractivity contribution in [1.82, 2.24) is 9.97 Å². The topological polar surface area (TPSA) is 81.2 Å². The zero-order chi connectivity index (χ0) is 16.1. The van der Waals surface area contributed by atoms with Gasteiger partial charge in [-0.1, -0.05) is 22.0 Å². The van der Waals surface area contributed by atoms with Gasteiger partial charge in [0.25, 0.3) is 0 Å². The van der Waals surface area contributed by atoms with Crippen LogP contribution < -0.4 is 0 Å². The van der Waals surface area contributed by atoms with Crippen molar-refractivity contribution < 1.29 is 9.50 Å². The molecule has 3 N–H and O–H groups in total. The first-order chi connectivity index (χ1) is 11.1. The van der Waals surface area contributed by atoms with E-state index >= 15 is 0 Å². The number of aromatic hydroxyl groups is 1. The number of nitroso groups, excluding NO2 is 1. The van der Waals surface area contributed by atoms with Crippen LogP contribution in [-0.4, -0.2) is 15.1 Å². The fourth-order valence-electron chi connectivity index (χ4n) is 2.83. The number of benzene rings is 2. The lowest BCUT2D eigenvalue weighted by Crippen LogP contribution is -1.77. The molecular formula is C16H9BrFN3O2. The van der Waals surface area contributed by atoms with Gasteiger partial charge < -0.3 is 15.1 Å². The molecule has 0 radical (unpaired) electrons. The van der Waals surface area contributed by atoms with E-state index in [-0.39, 0.29) is 11.6 Å². The molecule has 2 aromatic heterocycles. The lowest BCUT2D eigenvalue weighted by molar-refractivity contribution is 0.460. The SMILES string of the molecule is O=Nc1c(-c2c(O)[nH]c3cc(Br)ccc23)[nH]c2ccc(F)cc12. The van der Waals surface area contributed by atoms with Crippen LogP contribution in [0.25, 0.3) is 33.1 Å². The van der Waals surface area contributed by atoms with Crippen LogP contribution in [0.15, 0.2) is 46.0 Å². The first-order valence-electron chi connectivity index (χ1n) is 6.73. The molecule has 0 fully saturated rings. The highest BCUT2D eigenvalue weighted by atomic mass is 79.9. The predicted molar refractivity (Wildman–Crippen MR) is 90.4 cm³/mol. The molecule has 0 spiro atoms. The quantitative estimate of drug-likeness (QED) is 0.415. The normalized spacial score (nSPS) is 11.4. The number of hydrogen-bond acceptors (Lipinski definition) is 3. The van der Waals surface area contributed by atoms with E-state index in [1.807, 2.05) is 18.2 Å². The average Bonchev–Trinajstić information content (AvgIpc) is 3.02. The van der Waals surface area contributed by atoms with E-state index in [2.05, 4.69) is 31.1 Å². The summed E-state index contributed by atoms with van der Waals surface area (Å²) in [6, 6.07) is 9.53. The highest BCUT2D eigenvalue weighted by molar-refractivity contribution is 9.10. The standard InChI is InChI=1S/C16H9BrFN3O2/c17-7-1-3-9-12(5-7)20-16(22)13(9)15-14(21-23)10-6-8(18)2-4-11(10)19-15/h1-6,19-20,22H. The Kier molecular flexibility index (Phi) is 2.99. The third-order valence-electron chi connectivity index (χ3n) is 3.82. The van der Waals surface area contributed by atoms with Gasteiger partial charge in [0.05, 0.1) is 16.8 Å². The summed E-state index contributed by atoms with van der Waals surface area (Å²) in [5.74, 6) is -0.546. The second-order valence-electron chi connectivity index (χ2n) is 5.17. The van der Waals surface area contributed by atoms with E-state index < -0.39 is 5.82 Å². The van der Waals surface area contributed by atoms with Gasteiger partial charge in [-0.3, -0.25) is 0 Å². The number of H-pyrrole nitrogens is 2. The van der Waals surface area contributed by atoms with E-state index in [9.17, 15) is 14.4 Å². The molecule has 2 heterocycles. The molecule has 4 aromatic rings. The minimum Gasteiger partial charge on any atom is -0.494 e. The van der Waals surface area contributed by atoms with Gasteiger partial charge in [0, 0.05) is 20.8 Å². The molecule has 114 valence electrons. The highest BCUT2D eigenvalue weighted by Crippen LogP contribution is 2.44. The molecular weight excluding hydrogens is 365 g/mol. The molecule has 7 heteroatoms. The molecule has 0 bridgehead atoms. The Bertz CT molecular complexity index is 1080. The van der Waals surface area contributed by atoms with Gasteiger partial charge >= 0.3 is 0 Å². The molecule has 5 nitrogen and oxygen atoms in total. The number of halogens is 2. The van der Waals surface area contributed by atoms with E-state index in [0.29, 0.717) is 27.7 Å². The maximum absolute atomic E-state index is 13.5. The van der Waals surface area contributed by atoms with Crippen LogP contribution in [0.1, 0.15) is 0 Å². The second kappa shape index (κ2) is 4.92. The number of aromatic nitrogens is 2. The molecule has 23 heavy (non-hydrogen) atoms. The van der Waals surface area contributed by atoms with Gasteiger partial charge in [-0.25, -0.2) is 4.39 Å². The van der Waals surface area contributed by atoms with E-state index in [1.54, 1.807) is 0 Å². The summed E-state index contributed by atoms with van der Waals surface area (Å²) in [6.07, 6.45) is 0. The van der Waals surface area contributed by atoms with Crippen molar-refractivity contribution >= 4 is 43.4 Å². The number of rotatable bonds is 2. The Morgan fingerprint density at radius 3 is 2.65 bits per heavy atom. The summed E-state index contributed by atoms with van der Waals surface area (Å²) >= 11 is 3.37. The molecule has 4 rings (SSSR count). The van der Waals surface area contributed by atoms with Crippen LogP contribution >= 0.6 is 15.9 Å². The Morgan fingerprint density at radius 1 is 1.04 bits per heavy atom. The van der Waals surface area contributed by atoms with Gasteiger partial charge in [-0.05, 0) is 35.5 Å². The zero-order valence-electron chi connectivity index (χ0n) is 11.5. The van der Waals surface area contributed by atoms with Crippen LogP contribution in [-0.2, 0) is 0 Å². The molecule has 0 aliphatic carbocycles. The maximum atomic E-state index is 13.5. The predicted octanol–water partition coefficient (Wildman–Crippen LogP) is 5.32. The summed E-state index contributed by atoms with van der Waals surface area (Å²) < 4.78 is 14.3. The summed E-state index contributed by atoms with van der Waals surface area (Å²) in [6.45, 7) is 0. The largest absolute Gasteiger partial charge is 0.494 e. The minimum atomic E-state index is -0.458. The smallest absolute Gasteiger partial charge is 0.199 e. The number of fused-ring (bicyclic) bond motifs is 2. The van der Waals surface area contributed by atoms with Crippen LogP contribution in [0.5, 0.6) is 5.88 Å². The van der Waals surface area contributed by atoms with Crippen LogP contribution in [0.4, 0.5) is 10.1 Å². The number of hydrogen-bond donors (Lipinski definition) is 3. The molecule has 0 unspecified atom stereocenters. The third kappa shape index (κ3) is 2.04. The van der Waals surface area contributed by atoms with Gasteiger partial charge in [0.15, 0.2) is 5.88 Å². The third-order valence-corrected chi connectivity index (χ3v) is 4.31. The van der Waals surface area contributed by atoms with Gasteiger partial charge in [-0.15, -0.1) is 4.91 Å². The number of nitrogens with one attached hydrogen (secondary N) is 2. The highest BCUT2D eigenvalue weighted by Gasteiger charge is 2.21. The minimum absolute atomic E-state index is 0.0682. The van der Waals surface area contributed by atoms with Gasteiger partial charge in [-0.2, -0.15) is 0 Å². The Morgan fingerprint density at radius 2 is 1.87 bits per heavy atom. The van der Waals surface area contributed by atoms with Crippen molar-refractivity contribution in [3.63, 3.8) is 0 Å². The molecule has 0 saturated heterocycles. The first kappa shape index (κ1) is 14.0. The summed E-state index contributed by atoms with van der Waals surface area (Å²) in [5.41, 5.74) is 2.12. The zero-order valence-corrected chi connectivity index (χ0v) is 13.1. The first-order valence-corrected chi connectivity index (χ1v) is 7.53. The van der Waals surface area contributed by atoms with Crippen molar-refractivity contribution in [3.8, 4) is 17.1 Å². The van der Waals surface area contributed by atoms with Crippen molar-refractivity contribution in [2.45, 2.75) is 0 Å². The number of nitrogens with zero attached hydrogens (tertiary/aromatic N) is 1.